The van der Waals surface area contributed by atoms with Gasteiger partial charge in [-0.1, -0.05) is 13.8 Å². The van der Waals surface area contributed by atoms with Crippen LogP contribution in [0.15, 0.2) is 16.6 Å². The molecule has 0 amide bonds. The summed E-state index contributed by atoms with van der Waals surface area (Å²) in [7, 11) is 1.68. The van der Waals surface area contributed by atoms with E-state index in [9.17, 15) is 4.79 Å². The number of morpholine rings is 1. The zero-order valence-electron chi connectivity index (χ0n) is 10.9. The summed E-state index contributed by atoms with van der Waals surface area (Å²) >= 11 is 0. The highest BCUT2D eigenvalue weighted by molar-refractivity contribution is 6.07. The third-order valence-electron chi connectivity index (χ3n) is 3.44. The Balaban J connectivity index is 2.54. The lowest BCUT2D eigenvalue weighted by Crippen LogP contribution is -2.58. The summed E-state index contributed by atoms with van der Waals surface area (Å²) in [4.78, 5) is 16.3. The first kappa shape index (κ1) is 12.8. The number of nitriles is 1. The molecule has 0 saturated carbocycles. The minimum Gasteiger partial charge on any atom is -0.369 e. The summed E-state index contributed by atoms with van der Waals surface area (Å²) in [5.74, 6) is 0.572. The van der Waals surface area contributed by atoms with Crippen molar-refractivity contribution in [1.29, 1.82) is 5.26 Å². The first-order valence-corrected chi connectivity index (χ1v) is 5.98. The summed E-state index contributed by atoms with van der Waals surface area (Å²) in [6.07, 6.45) is 2.12. The molecule has 5 heteroatoms. The molecule has 2 aliphatic rings. The zero-order valence-corrected chi connectivity index (χ0v) is 10.9. The van der Waals surface area contributed by atoms with E-state index < -0.39 is 11.0 Å². The Hall–Kier alpha value is -1.67. The summed E-state index contributed by atoms with van der Waals surface area (Å²) in [5.41, 5.74) is -1.21. The number of rotatable bonds is 0. The second-order valence-corrected chi connectivity index (χ2v) is 5.30. The fourth-order valence-corrected chi connectivity index (χ4v) is 2.67. The van der Waals surface area contributed by atoms with E-state index in [1.54, 1.807) is 13.1 Å². The van der Waals surface area contributed by atoms with Crippen molar-refractivity contribution in [2.45, 2.75) is 25.9 Å². The van der Waals surface area contributed by atoms with Gasteiger partial charge in [0.05, 0.1) is 12.2 Å². The molecule has 0 radical (unpaired) electrons. The topological polar surface area (TPSA) is 74.5 Å². The van der Waals surface area contributed by atoms with Gasteiger partial charge in [0, 0.05) is 19.0 Å². The molecule has 1 spiro atoms. The van der Waals surface area contributed by atoms with Crippen LogP contribution in [0, 0.1) is 16.7 Å². The highest BCUT2D eigenvalue weighted by Gasteiger charge is 2.49. The monoisotopic (exact) mass is 247 g/mol. The van der Waals surface area contributed by atoms with Gasteiger partial charge in [0.15, 0.2) is 5.78 Å². The number of hydrogen-bond donors (Lipinski definition) is 1. The largest absolute Gasteiger partial charge is 0.369 e. The second kappa shape index (κ2) is 4.21. The van der Waals surface area contributed by atoms with Gasteiger partial charge in [-0.15, -0.1) is 0 Å². The predicted molar refractivity (Wildman–Crippen MR) is 67.1 cm³/mol. The van der Waals surface area contributed by atoms with Gasteiger partial charge in [-0.2, -0.15) is 5.26 Å². The molecule has 0 aromatic heterocycles. The molecule has 1 unspecified atom stereocenters. The summed E-state index contributed by atoms with van der Waals surface area (Å²) in [5, 5.41) is 12.3. The number of Topliss-reactive ketones (excluding diaryl/α,β-unsaturated/α-hetero) is 1. The number of ether oxygens (including phenoxy) is 1. The minimum atomic E-state index is -0.754. The van der Waals surface area contributed by atoms with Crippen molar-refractivity contribution in [3.05, 3.63) is 11.6 Å². The van der Waals surface area contributed by atoms with Crippen LogP contribution in [0.4, 0.5) is 0 Å². The van der Waals surface area contributed by atoms with Gasteiger partial charge < -0.3 is 10.1 Å². The van der Waals surface area contributed by atoms with Crippen molar-refractivity contribution in [3.8, 4) is 6.07 Å². The van der Waals surface area contributed by atoms with E-state index in [4.69, 9.17) is 10.00 Å². The number of nitrogens with one attached hydrogen (secondary N) is 1. The minimum absolute atomic E-state index is 0.125. The van der Waals surface area contributed by atoms with Gasteiger partial charge in [-0.3, -0.25) is 9.79 Å². The van der Waals surface area contributed by atoms with Gasteiger partial charge in [-0.25, -0.2) is 0 Å². The average Bonchev–Trinajstić information content (AvgIpc) is 2.34. The smallest absolute Gasteiger partial charge is 0.178 e. The van der Waals surface area contributed by atoms with Crippen LogP contribution in [0.3, 0.4) is 0 Å². The van der Waals surface area contributed by atoms with E-state index in [1.807, 2.05) is 19.9 Å². The molecule has 1 heterocycles. The highest BCUT2D eigenvalue weighted by Crippen LogP contribution is 2.40. The molecule has 2 rings (SSSR count). The number of amidine groups is 1. The molecule has 0 aromatic carbocycles. The van der Waals surface area contributed by atoms with E-state index in [2.05, 4.69) is 10.3 Å². The molecule has 1 saturated heterocycles. The standard InChI is InChI=1S/C13H17N3O2/c1-12(2)8-13(6-9(7-14)10(12)17)11(15-3)16-4-5-18-13/h6H,4-5,8H2,1-3H3,(H,15,16). The summed E-state index contributed by atoms with van der Waals surface area (Å²) in [6, 6.07) is 1.97. The molecule has 1 fully saturated rings. The van der Waals surface area contributed by atoms with Crippen LogP contribution in [0.1, 0.15) is 20.3 Å². The molecule has 0 bridgehead atoms. The van der Waals surface area contributed by atoms with E-state index in [0.717, 1.165) is 0 Å². The van der Waals surface area contributed by atoms with Crippen molar-refractivity contribution < 1.29 is 9.53 Å². The van der Waals surface area contributed by atoms with Gasteiger partial charge in [0.2, 0.25) is 0 Å². The Morgan fingerprint density at radius 1 is 1.56 bits per heavy atom. The van der Waals surface area contributed by atoms with E-state index >= 15 is 0 Å². The maximum absolute atomic E-state index is 12.1. The highest BCUT2D eigenvalue weighted by atomic mass is 16.5. The van der Waals surface area contributed by atoms with Crippen molar-refractivity contribution in [2.24, 2.45) is 10.4 Å². The Morgan fingerprint density at radius 2 is 2.28 bits per heavy atom. The predicted octanol–water partition coefficient (Wildman–Crippen LogP) is 0.822. The molecule has 5 nitrogen and oxygen atoms in total. The van der Waals surface area contributed by atoms with E-state index in [1.165, 1.54) is 0 Å². The van der Waals surface area contributed by atoms with Crippen LogP contribution in [-0.2, 0) is 9.53 Å². The Labute approximate surface area is 107 Å². The van der Waals surface area contributed by atoms with Gasteiger partial charge in [0.25, 0.3) is 0 Å². The lowest BCUT2D eigenvalue weighted by molar-refractivity contribution is -0.127. The Kier molecular flexibility index (Phi) is 2.99. The second-order valence-electron chi connectivity index (χ2n) is 5.30. The average molecular weight is 247 g/mol. The molecular formula is C13H17N3O2. The quantitative estimate of drug-likeness (QED) is 0.687. The molecule has 1 aliphatic heterocycles. The van der Waals surface area contributed by atoms with Crippen molar-refractivity contribution in [3.63, 3.8) is 0 Å². The third kappa shape index (κ3) is 1.83. The first-order valence-electron chi connectivity index (χ1n) is 5.98. The molecule has 1 atom stereocenters. The van der Waals surface area contributed by atoms with Crippen LogP contribution in [0.2, 0.25) is 0 Å². The maximum atomic E-state index is 12.1. The fraction of sp³-hybridized carbons (Fsp3) is 0.615. The van der Waals surface area contributed by atoms with Gasteiger partial charge in [-0.05, 0) is 12.5 Å². The fourth-order valence-electron chi connectivity index (χ4n) is 2.67. The number of hydrogen-bond acceptors (Lipinski definition) is 4. The van der Waals surface area contributed by atoms with Gasteiger partial charge in [0.1, 0.15) is 17.5 Å². The van der Waals surface area contributed by atoms with Crippen molar-refractivity contribution >= 4 is 11.6 Å². The number of nitrogens with zero attached hydrogens (tertiary/aromatic N) is 2. The number of aliphatic imine (C=N–C) groups is 1. The lowest BCUT2D eigenvalue weighted by atomic mass is 9.69. The zero-order chi connectivity index (χ0) is 13.4. The Morgan fingerprint density at radius 3 is 2.89 bits per heavy atom. The third-order valence-corrected chi connectivity index (χ3v) is 3.44. The van der Waals surface area contributed by atoms with Gasteiger partial charge >= 0.3 is 0 Å². The van der Waals surface area contributed by atoms with Crippen LogP contribution >= 0.6 is 0 Å². The van der Waals surface area contributed by atoms with Crippen LogP contribution in [0.25, 0.3) is 0 Å². The normalized spacial score (nSPS) is 32.9. The lowest BCUT2D eigenvalue weighted by Gasteiger charge is -2.43. The molecular weight excluding hydrogens is 230 g/mol. The molecule has 0 aromatic rings. The SMILES string of the molecule is CN=C1NCCOC12C=C(C#N)C(=O)C(C)(C)C2. The summed E-state index contributed by atoms with van der Waals surface area (Å²) in [6.45, 7) is 4.91. The van der Waals surface area contributed by atoms with Crippen molar-refractivity contribution in [2.75, 3.05) is 20.2 Å². The van der Waals surface area contributed by atoms with Crippen LogP contribution in [-0.4, -0.2) is 37.4 Å². The first-order chi connectivity index (χ1) is 8.45. The number of ketones is 1. The van der Waals surface area contributed by atoms with Crippen molar-refractivity contribution in [1.82, 2.24) is 5.32 Å². The molecule has 18 heavy (non-hydrogen) atoms. The maximum Gasteiger partial charge on any atom is 0.178 e. The number of allylic oxidation sites excluding steroid dienone is 1. The number of carbonyl (C=O) groups is 1. The Bertz CT molecular complexity index is 485. The van der Waals surface area contributed by atoms with E-state index in [0.29, 0.717) is 25.4 Å². The molecule has 1 aliphatic carbocycles. The summed E-state index contributed by atoms with van der Waals surface area (Å²) < 4.78 is 5.85. The molecule has 96 valence electrons. The molecule has 1 N–H and O–H groups in total. The van der Waals surface area contributed by atoms with Crippen LogP contribution in [0.5, 0.6) is 0 Å². The van der Waals surface area contributed by atoms with Crippen LogP contribution < -0.4 is 5.32 Å². The van der Waals surface area contributed by atoms with E-state index in [-0.39, 0.29) is 11.4 Å². The number of carbonyl (C=O) groups excluding carboxylic acids is 1.